The van der Waals surface area contributed by atoms with Crippen LogP contribution in [0.1, 0.15) is 35.3 Å². The Balaban J connectivity index is 2.07. The van der Waals surface area contributed by atoms with Crippen molar-refractivity contribution in [2.45, 2.75) is 26.2 Å². The zero-order valence-corrected chi connectivity index (χ0v) is 10.8. The summed E-state index contributed by atoms with van der Waals surface area (Å²) in [6, 6.07) is 3.76. The van der Waals surface area contributed by atoms with Crippen molar-refractivity contribution in [2.24, 2.45) is 5.92 Å². The summed E-state index contributed by atoms with van der Waals surface area (Å²) in [5, 5.41) is 8.99. The number of amides is 1. The van der Waals surface area contributed by atoms with Gasteiger partial charge in [0, 0.05) is 25.9 Å². The maximum Gasteiger partial charge on any atom is 0.272 e. The number of aromatic nitrogens is 1. The second kappa shape index (κ2) is 5.96. The van der Waals surface area contributed by atoms with Crippen molar-refractivity contribution < 1.29 is 9.90 Å². The molecule has 1 unspecified atom stereocenters. The number of likely N-dealkylation sites (tertiary alicyclic amines) is 1. The minimum absolute atomic E-state index is 0.0238. The number of piperidine rings is 1. The molecule has 1 aromatic rings. The van der Waals surface area contributed by atoms with Gasteiger partial charge in [-0.25, -0.2) is 0 Å². The van der Waals surface area contributed by atoms with E-state index in [0.29, 0.717) is 11.6 Å². The second-order valence-electron chi connectivity index (χ2n) is 4.94. The molecule has 2 heterocycles. The van der Waals surface area contributed by atoms with Gasteiger partial charge in [-0.3, -0.25) is 9.78 Å². The molecule has 98 valence electrons. The molecule has 1 N–H and O–H groups in total. The fraction of sp³-hybridized carbons (Fsp3) is 0.571. The van der Waals surface area contributed by atoms with Crippen LogP contribution in [0.4, 0.5) is 0 Å². The van der Waals surface area contributed by atoms with Crippen LogP contribution in [0.3, 0.4) is 0 Å². The third-order valence-corrected chi connectivity index (χ3v) is 3.56. The van der Waals surface area contributed by atoms with Crippen molar-refractivity contribution in [3.8, 4) is 0 Å². The lowest BCUT2D eigenvalue weighted by Crippen LogP contribution is -2.40. The highest BCUT2D eigenvalue weighted by atomic mass is 16.3. The number of aliphatic hydroxyl groups is 1. The van der Waals surface area contributed by atoms with Crippen molar-refractivity contribution in [3.63, 3.8) is 0 Å². The highest BCUT2D eigenvalue weighted by Gasteiger charge is 2.25. The van der Waals surface area contributed by atoms with Crippen molar-refractivity contribution in [3.05, 3.63) is 29.6 Å². The van der Waals surface area contributed by atoms with Crippen LogP contribution in [-0.4, -0.2) is 40.6 Å². The number of aryl methyl sites for hydroxylation is 1. The Morgan fingerprint density at radius 3 is 3.17 bits per heavy atom. The van der Waals surface area contributed by atoms with Gasteiger partial charge >= 0.3 is 0 Å². The van der Waals surface area contributed by atoms with E-state index < -0.39 is 0 Å². The number of hydrogen-bond donors (Lipinski definition) is 1. The number of pyridine rings is 1. The first kappa shape index (κ1) is 13.0. The first-order chi connectivity index (χ1) is 8.72. The quantitative estimate of drug-likeness (QED) is 0.884. The van der Waals surface area contributed by atoms with Gasteiger partial charge in [0.05, 0.1) is 0 Å². The molecule has 1 atom stereocenters. The Kier molecular flexibility index (Phi) is 4.31. The monoisotopic (exact) mass is 248 g/mol. The molecule has 0 saturated carbocycles. The van der Waals surface area contributed by atoms with Crippen LogP contribution in [0.15, 0.2) is 18.3 Å². The molecule has 2 rings (SSSR count). The highest BCUT2D eigenvalue weighted by molar-refractivity contribution is 5.93. The molecule has 1 aliphatic heterocycles. The van der Waals surface area contributed by atoms with Gasteiger partial charge in [0.15, 0.2) is 0 Å². The molecule has 18 heavy (non-hydrogen) atoms. The van der Waals surface area contributed by atoms with E-state index in [-0.39, 0.29) is 12.5 Å². The van der Waals surface area contributed by atoms with E-state index in [2.05, 4.69) is 4.98 Å². The van der Waals surface area contributed by atoms with Crippen molar-refractivity contribution in [1.29, 1.82) is 0 Å². The van der Waals surface area contributed by atoms with Crippen LogP contribution in [0.25, 0.3) is 0 Å². The van der Waals surface area contributed by atoms with Gasteiger partial charge in [-0.1, -0.05) is 6.07 Å². The zero-order chi connectivity index (χ0) is 13.0. The zero-order valence-electron chi connectivity index (χ0n) is 10.8. The van der Waals surface area contributed by atoms with Crippen molar-refractivity contribution >= 4 is 5.91 Å². The maximum atomic E-state index is 12.4. The molecule has 4 heteroatoms. The average Bonchev–Trinajstić information content (AvgIpc) is 2.39. The summed E-state index contributed by atoms with van der Waals surface area (Å²) < 4.78 is 0. The lowest BCUT2D eigenvalue weighted by atomic mass is 9.95. The maximum absolute atomic E-state index is 12.4. The van der Waals surface area contributed by atoms with Crippen LogP contribution < -0.4 is 0 Å². The Hall–Kier alpha value is -1.42. The standard InChI is InChI=1S/C14H20N2O2/c1-11-4-2-7-15-13(11)14(18)16-8-3-5-12(10-16)6-9-17/h2,4,7,12,17H,3,5-6,8-10H2,1H3. The minimum Gasteiger partial charge on any atom is -0.396 e. The number of hydrogen-bond acceptors (Lipinski definition) is 3. The summed E-state index contributed by atoms with van der Waals surface area (Å²) in [5.74, 6) is 0.451. The Morgan fingerprint density at radius 1 is 1.61 bits per heavy atom. The normalized spacial score (nSPS) is 19.9. The minimum atomic E-state index is 0.0238. The molecule has 0 bridgehead atoms. The Morgan fingerprint density at radius 2 is 2.44 bits per heavy atom. The first-order valence-corrected chi connectivity index (χ1v) is 6.54. The number of carbonyl (C=O) groups excluding carboxylic acids is 1. The number of nitrogens with zero attached hydrogens (tertiary/aromatic N) is 2. The van der Waals surface area contributed by atoms with Crippen LogP contribution in [0.5, 0.6) is 0 Å². The fourth-order valence-corrected chi connectivity index (χ4v) is 2.53. The number of rotatable bonds is 3. The molecular formula is C14H20N2O2. The Bertz CT molecular complexity index is 418. The fourth-order valence-electron chi connectivity index (χ4n) is 2.53. The van der Waals surface area contributed by atoms with E-state index in [9.17, 15) is 4.79 Å². The predicted octanol–water partition coefficient (Wildman–Crippen LogP) is 1.62. The van der Waals surface area contributed by atoms with Gasteiger partial charge in [-0.2, -0.15) is 0 Å². The average molecular weight is 248 g/mol. The number of carbonyl (C=O) groups is 1. The van der Waals surface area contributed by atoms with Crippen molar-refractivity contribution in [1.82, 2.24) is 9.88 Å². The second-order valence-corrected chi connectivity index (χ2v) is 4.94. The molecule has 4 nitrogen and oxygen atoms in total. The summed E-state index contributed by atoms with van der Waals surface area (Å²) in [6.45, 7) is 3.66. The molecule has 1 fully saturated rings. The molecule has 0 aliphatic carbocycles. The van der Waals surface area contributed by atoms with Gasteiger partial charge in [0.25, 0.3) is 5.91 Å². The third kappa shape index (κ3) is 2.88. The summed E-state index contributed by atoms with van der Waals surface area (Å²) in [4.78, 5) is 18.4. The first-order valence-electron chi connectivity index (χ1n) is 6.54. The highest BCUT2D eigenvalue weighted by Crippen LogP contribution is 2.21. The van der Waals surface area contributed by atoms with Gasteiger partial charge in [-0.05, 0) is 43.7 Å². The van der Waals surface area contributed by atoms with Crippen LogP contribution in [0.2, 0.25) is 0 Å². The largest absolute Gasteiger partial charge is 0.396 e. The molecular weight excluding hydrogens is 228 g/mol. The molecule has 0 radical (unpaired) electrons. The summed E-state index contributed by atoms with van der Waals surface area (Å²) in [7, 11) is 0. The SMILES string of the molecule is Cc1cccnc1C(=O)N1CCCC(CCO)C1. The van der Waals surface area contributed by atoms with E-state index in [1.54, 1.807) is 6.20 Å². The van der Waals surface area contributed by atoms with E-state index in [4.69, 9.17) is 5.11 Å². The summed E-state index contributed by atoms with van der Waals surface area (Å²) in [6.07, 6.45) is 4.56. The van der Waals surface area contributed by atoms with Gasteiger partial charge in [0.2, 0.25) is 0 Å². The molecule has 1 aromatic heterocycles. The smallest absolute Gasteiger partial charge is 0.272 e. The Labute approximate surface area is 108 Å². The summed E-state index contributed by atoms with van der Waals surface area (Å²) >= 11 is 0. The van der Waals surface area contributed by atoms with Crippen molar-refractivity contribution in [2.75, 3.05) is 19.7 Å². The number of aliphatic hydroxyl groups excluding tert-OH is 1. The van der Waals surface area contributed by atoms with Gasteiger partial charge in [0.1, 0.15) is 5.69 Å². The lowest BCUT2D eigenvalue weighted by Gasteiger charge is -2.32. The lowest BCUT2D eigenvalue weighted by molar-refractivity contribution is 0.0647. The van der Waals surface area contributed by atoms with Crippen LogP contribution in [-0.2, 0) is 0 Å². The molecule has 0 aromatic carbocycles. The topological polar surface area (TPSA) is 53.4 Å². The van der Waals surface area contributed by atoms with E-state index in [1.165, 1.54) is 0 Å². The predicted molar refractivity (Wildman–Crippen MR) is 69.3 cm³/mol. The van der Waals surface area contributed by atoms with E-state index >= 15 is 0 Å². The molecule has 1 saturated heterocycles. The van der Waals surface area contributed by atoms with Gasteiger partial charge in [-0.15, -0.1) is 0 Å². The molecule has 0 spiro atoms. The van der Waals surface area contributed by atoms with Crippen LogP contribution in [0, 0.1) is 12.8 Å². The molecule has 1 amide bonds. The van der Waals surface area contributed by atoms with Gasteiger partial charge < -0.3 is 10.0 Å². The van der Waals surface area contributed by atoms with E-state index in [0.717, 1.165) is 37.9 Å². The molecule has 1 aliphatic rings. The summed E-state index contributed by atoms with van der Waals surface area (Å²) in [5.41, 5.74) is 1.48. The van der Waals surface area contributed by atoms with E-state index in [1.807, 2.05) is 24.0 Å². The third-order valence-electron chi connectivity index (χ3n) is 3.56. The van der Waals surface area contributed by atoms with Crippen LogP contribution >= 0.6 is 0 Å².